The van der Waals surface area contributed by atoms with Crippen LogP contribution in [0.1, 0.15) is 45.1 Å². The average molecular weight is 469 g/mol. The van der Waals surface area contributed by atoms with E-state index in [9.17, 15) is 4.79 Å². The van der Waals surface area contributed by atoms with Crippen LogP contribution in [0, 0.1) is 23.7 Å². The summed E-state index contributed by atoms with van der Waals surface area (Å²) in [5.41, 5.74) is 0.820. The monoisotopic (exact) mass is 468 g/mol. The first-order valence-corrected chi connectivity index (χ1v) is 13.2. The summed E-state index contributed by atoms with van der Waals surface area (Å²) in [6.45, 7) is 10.6. The lowest BCUT2D eigenvalue weighted by molar-refractivity contribution is -0.168. The fraction of sp³-hybridized carbons (Fsp3) is 0.741. The SMILES string of the molecule is C[C@@H]1CC[C@H]2[C@H](CN3CCN(Cc4ccc5c(c4)OCO5)CC3)C(=O)O[C@@]23[C@@H]1CC[C@@]1(C)O[C@H]31. The molecule has 4 aliphatic heterocycles. The lowest BCUT2D eigenvalue weighted by Crippen LogP contribution is -2.58. The van der Waals surface area contributed by atoms with Gasteiger partial charge in [0.15, 0.2) is 11.5 Å². The van der Waals surface area contributed by atoms with Crippen molar-refractivity contribution in [3.8, 4) is 11.5 Å². The maximum Gasteiger partial charge on any atom is 0.311 e. The second-order valence-electron chi connectivity index (χ2n) is 11.8. The zero-order valence-electron chi connectivity index (χ0n) is 20.3. The van der Waals surface area contributed by atoms with E-state index in [0.29, 0.717) is 24.5 Å². The Balaban J connectivity index is 1.01. The minimum atomic E-state index is -0.367. The lowest BCUT2D eigenvalue weighted by Gasteiger charge is -2.50. The number of esters is 1. The van der Waals surface area contributed by atoms with Gasteiger partial charge in [0.25, 0.3) is 0 Å². The van der Waals surface area contributed by atoms with Crippen LogP contribution >= 0.6 is 0 Å². The van der Waals surface area contributed by atoms with Crippen molar-refractivity contribution in [1.82, 2.24) is 9.80 Å². The van der Waals surface area contributed by atoms with Crippen LogP contribution in [0.3, 0.4) is 0 Å². The Morgan fingerprint density at radius 1 is 1.00 bits per heavy atom. The number of ether oxygens (including phenoxy) is 4. The third-order valence-corrected chi connectivity index (χ3v) is 9.85. The van der Waals surface area contributed by atoms with Gasteiger partial charge in [-0.15, -0.1) is 0 Å². The quantitative estimate of drug-likeness (QED) is 0.497. The van der Waals surface area contributed by atoms with Crippen LogP contribution in [0.25, 0.3) is 0 Å². The van der Waals surface area contributed by atoms with Crippen LogP contribution < -0.4 is 9.47 Å². The van der Waals surface area contributed by atoms with Gasteiger partial charge in [-0.3, -0.25) is 14.6 Å². The summed E-state index contributed by atoms with van der Waals surface area (Å²) in [4.78, 5) is 18.3. The molecular weight excluding hydrogens is 432 g/mol. The van der Waals surface area contributed by atoms with E-state index in [1.54, 1.807) is 0 Å². The molecule has 0 aromatic heterocycles. The highest BCUT2D eigenvalue weighted by atomic mass is 16.7. The van der Waals surface area contributed by atoms with E-state index < -0.39 is 0 Å². The van der Waals surface area contributed by atoms with Gasteiger partial charge in [0.05, 0.1) is 11.5 Å². The fourth-order valence-electron chi connectivity index (χ4n) is 7.97. The van der Waals surface area contributed by atoms with Crippen molar-refractivity contribution in [2.24, 2.45) is 23.7 Å². The van der Waals surface area contributed by atoms with Crippen molar-refractivity contribution in [2.75, 3.05) is 39.5 Å². The Labute approximate surface area is 201 Å². The minimum Gasteiger partial charge on any atom is -0.455 e. The van der Waals surface area contributed by atoms with Crippen LogP contribution in [-0.4, -0.2) is 72.6 Å². The molecule has 7 rings (SSSR count). The number of fused-ring (bicyclic) bond motifs is 2. The van der Waals surface area contributed by atoms with Gasteiger partial charge in [0.1, 0.15) is 11.7 Å². The standard InChI is InChI=1S/C27H36N2O5/c1-17-3-5-21-19(24(30)33-27(21)20(17)7-8-26(2)25(27)34-26)15-29-11-9-28(10-12-29)14-18-4-6-22-23(13-18)32-16-31-22/h4,6,13,17,19-21,25H,3,5,7-12,14-16H2,1-2H3/t17-,19+,20-,21+,25+,26-,27+/m1/s1. The van der Waals surface area contributed by atoms with Crippen LogP contribution in [0.2, 0.25) is 0 Å². The molecule has 6 aliphatic rings. The summed E-state index contributed by atoms with van der Waals surface area (Å²) in [5, 5.41) is 0. The molecule has 0 N–H and O–H groups in total. The number of carbonyl (C=O) groups excluding carboxylic acids is 1. The normalized spacial score (nSPS) is 43.1. The maximum absolute atomic E-state index is 13.3. The van der Waals surface area contributed by atoms with Crippen LogP contribution in [0.15, 0.2) is 18.2 Å². The molecule has 184 valence electrons. The van der Waals surface area contributed by atoms with Crippen molar-refractivity contribution >= 4 is 5.97 Å². The van der Waals surface area contributed by atoms with E-state index in [0.717, 1.165) is 70.0 Å². The molecule has 7 atom stereocenters. The Bertz CT molecular complexity index is 993. The van der Waals surface area contributed by atoms with Crippen LogP contribution in [0.4, 0.5) is 0 Å². The lowest BCUT2D eigenvalue weighted by atomic mass is 9.55. The van der Waals surface area contributed by atoms with E-state index in [4.69, 9.17) is 18.9 Å². The molecule has 0 bridgehead atoms. The van der Waals surface area contributed by atoms with Crippen LogP contribution in [-0.2, 0) is 20.8 Å². The van der Waals surface area contributed by atoms with Gasteiger partial charge in [-0.2, -0.15) is 0 Å². The molecular formula is C27H36N2O5. The molecule has 2 saturated carbocycles. The number of rotatable bonds is 4. The van der Waals surface area contributed by atoms with Crippen molar-refractivity contribution < 1.29 is 23.7 Å². The van der Waals surface area contributed by atoms with Crippen molar-refractivity contribution in [1.29, 1.82) is 0 Å². The molecule has 0 unspecified atom stereocenters. The molecule has 3 saturated heterocycles. The first kappa shape index (κ1) is 21.5. The highest BCUT2D eigenvalue weighted by Gasteiger charge is 2.77. The zero-order valence-corrected chi connectivity index (χ0v) is 20.3. The third kappa shape index (κ3) is 3.16. The van der Waals surface area contributed by atoms with Gasteiger partial charge in [-0.1, -0.05) is 13.0 Å². The van der Waals surface area contributed by atoms with Crippen molar-refractivity contribution in [2.45, 2.75) is 63.4 Å². The predicted octanol–water partition coefficient (Wildman–Crippen LogP) is 3.06. The van der Waals surface area contributed by atoms with Gasteiger partial charge >= 0.3 is 5.97 Å². The van der Waals surface area contributed by atoms with E-state index in [2.05, 4.69) is 35.8 Å². The van der Waals surface area contributed by atoms with E-state index in [-0.39, 0.29) is 29.2 Å². The van der Waals surface area contributed by atoms with Gasteiger partial charge in [0, 0.05) is 51.1 Å². The minimum absolute atomic E-state index is 0.0121. The number of carbonyl (C=O) groups is 1. The zero-order chi connectivity index (χ0) is 23.1. The summed E-state index contributed by atoms with van der Waals surface area (Å²) >= 11 is 0. The molecule has 1 aromatic carbocycles. The van der Waals surface area contributed by atoms with Gasteiger partial charge in [-0.05, 0) is 56.2 Å². The summed E-state index contributed by atoms with van der Waals surface area (Å²) in [6.07, 6.45) is 4.64. The second-order valence-corrected chi connectivity index (χ2v) is 11.8. The molecule has 34 heavy (non-hydrogen) atoms. The molecule has 7 nitrogen and oxygen atoms in total. The summed E-state index contributed by atoms with van der Waals surface area (Å²) in [6, 6.07) is 6.24. The van der Waals surface area contributed by atoms with Gasteiger partial charge < -0.3 is 18.9 Å². The Kier molecular flexibility index (Phi) is 4.78. The van der Waals surface area contributed by atoms with E-state index in [1.165, 1.54) is 12.0 Å². The smallest absolute Gasteiger partial charge is 0.311 e. The second kappa shape index (κ2) is 7.58. The first-order chi connectivity index (χ1) is 16.5. The van der Waals surface area contributed by atoms with Crippen molar-refractivity contribution in [3.05, 3.63) is 23.8 Å². The molecule has 0 amide bonds. The highest BCUT2D eigenvalue weighted by Crippen LogP contribution is 2.66. The molecule has 4 heterocycles. The fourth-order valence-corrected chi connectivity index (χ4v) is 7.97. The first-order valence-electron chi connectivity index (χ1n) is 13.2. The molecule has 0 radical (unpaired) electrons. The highest BCUT2D eigenvalue weighted by molar-refractivity contribution is 5.77. The topological polar surface area (TPSA) is 63.8 Å². The summed E-state index contributed by atoms with van der Waals surface area (Å²) in [7, 11) is 0. The predicted molar refractivity (Wildman–Crippen MR) is 124 cm³/mol. The van der Waals surface area contributed by atoms with E-state index in [1.807, 2.05) is 6.07 Å². The molecule has 1 aromatic rings. The van der Waals surface area contributed by atoms with Gasteiger partial charge in [-0.25, -0.2) is 0 Å². The number of nitrogens with zero attached hydrogens (tertiary/aromatic N) is 2. The number of piperazine rings is 1. The Hall–Kier alpha value is -1.83. The van der Waals surface area contributed by atoms with Gasteiger partial charge in [0.2, 0.25) is 6.79 Å². The van der Waals surface area contributed by atoms with Crippen LogP contribution in [0.5, 0.6) is 11.5 Å². The summed E-state index contributed by atoms with van der Waals surface area (Å²) < 4.78 is 23.6. The average Bonchev–Trinajstić information content (AvgIpc) is 3.19. The van der Waals surface area contributed by atoms with Crippen molar-refractivity contribution in [3.63, 3.8) is 0 Å². The number of hydrogen-bond donors (Lipinski definition) is 0. The Morgan fingerprint density at radius 2 is 1.79 bits per heavy atom. The number of benzene rings is 1. The molecule has 2 aliphatic carbocycles. The third-order valence-electron chi connectivity index (χ3n) is 9.85. The van der Waals surface area contributed by atoms with E-state index >= 15 is 0 Å². The molecule has 7 heteroatoms. The Morgan fingerprint density at radius 3 is 2.65 bits per heavy atom. The number of hydrogen-bond acceptors (Lipinski definition) is 7. The molecule has 1 spiro atoms. The maximum atomic E-state index is 13.3. The number of epoxide rings is 1. The summed E-state index contributed by atoms with van der Waals surface area (Å²) in [5.74, 6) is 3.08. The largest absolute Gasteiger partial charge is 0.455 e. The molecule has 5 fully saturated rings.